The summed E-state index contributed by atoms with van der Waals surface area (Å²) < 4.78 is 32.7. The third-order valence-corrected chi connectivity index (χ3v) is 4.92. The topological polar surface area (TPSA) is 107 Å². The van der Waals surface area contributed by atoms with Gasteiger partial charge < -0.3 is 24.9 Å². The second-order valence-electron chi connectivity index (χ2n) is 5.62. The monoisotopic (exact) mass is 583 g/mol. The van der Waals surface area contributed by atoms with Gasteiger partial charge >= 0.3 is 11.9 Å². The lowest BCUT2D eigenvalue weighted by molar-refractivity contribution is -0.337. The first kappa shape index (κ1) is 22.3. The molecule has 0 bridgehead atoms. The molecule has 0 saturated heterocycles. The zero-order chi connectivity index (χ0) is 19.5. The molecule has 0 aliphatic carbocycles. The Balaban J connectivity index is 2.89. The summed E-state index contributed by atoms with van der Waals surface area (Å²) >= 11 is 3.67. The van der Waals surface area contributed by atoms with Gasteiger partial charge in [0.25, 0.3) is 0 Å². The molecule has 1 aromatic carbocycles. The van der Waals surface area contributed by atoms with Gasteiger partial charge in [-0.2, -0.15) is 8.78 Å². The lowest BCUT2D eigenvalue weighted by Crippen LogP contribution is -2.53. The minimum absolute atomic E-state index is 0.0215. The minimum Gasteiger partial charge on any atom is -0.544 e. The zero-order valence-corrected chi connectivity index (χ0v) is 17.4. The summed E-state index contributed by atoms with van der Waals surface area (Å²) in [5.41, 5.74) is 0.288. The number of carboxylic acids is 1. The molecule has 25 heavy (non-hydrogen) atoms. The number of aromatic hydroxyl groups is 1. The lowest BCUT2D eigenvalue weighted by atomic mass is 10.0. The fourth-order valence-corrected chi connectivity index (χ4v) is 3.80. The van der Waals surface area contributed by atoms with Gasteiger partial charge in [0.2, 0.25) is 0 Å². The second-order valence-corrected chi connectivity index (χ2v) is 7.94. The number of aliphatic carboxylic acids is 1. The van der Waals surface area contributed by atoms with Crippen molar-refractivity contribution < 1.29 is 38.4 Å². The summed E-state index contributed by atoms with van der Waals surface area (Å²) in [7, 11) is 0. The molecule has 10 heteroatoms. The van der Waals surface area contributed by atoms with Gasteiger partial charge in [-0.1, -0.05) is 13.8 Å². The molecule has 2 atom stereocenters. The number of benzene rings is 1. The quantitative estimate of drug-likeness (QED) is 0.376. The van der Waals surface area contributed by atoms with Crippen LogP contribution in [0.5, 0.6) is 5.75 Å². The number of carbonyl (C=O) groups is 2. The van der Waals surface area contributed by atoms with Gasteiger partial charge in [0, 0.05) is 0 Å². The number of alkyl halides is 2. The van der Waals surface area contributed by atoms with Crippen LogP contribution in [0, 0.1) is 13.1 Å². The predicted octanol–water partition coefficient (Wildman–Crippen LogP) is 1.98. The third kappa shape index (κ3) is 5.61. The number of carbonyl (C=O) groups excluding carboxylic acids is 2. The van der Waals surface area contributed by atoms with E-state index in [0.29, 0.717) is 7.14 Å². The van der Waals surface area contributed by atoms with Crippen LogP contribution in [-0.2, 0) is 14.3 Å². The number of ether oxygens (including phenoxy) is 1. The maximum Gasteiger partial charge on any atom is 0.323 e. The number of rotatable bonds is 7. The Labute approximate surface area is 169 Å². The van der Waals surface area contributed by atoms with Crippen LogP contribution in [0.15, 0.2) is 12.1 Å². The van der Waals surface area contributed by atoms with E-state index in [4.69, 9.17) is 0 Å². The number of halogens is 4. The van der Waals surface area contributed by atoms with Crippen molar-refractivity contribution in [1.82, 2.24) is 0 Å². The molecule has 1 aromatic rings. The van der Waals surface area contributed by atoms with E-state index < -0.39 is 42.4 Å². The molecule has 0 aromatic heterocycles. The Bertz CT molecular complexity index is 642. The molecule has 1 rings (SSSR count). The van der Waals surface area contributed by atoms with Gasteiger partial charge in [0.05, 0.1) is 19.7 Å². The summed E-state index contributed by atoms with van der Waals surface area (Å²) in [6.45, 7) is 2.55. The van der Waals surface area contributed by atoms with Crippen LogP contribution in [0.2, 0.25) is 0 Å². The Morgan fingerprint density at radius 3 is 2.16 bits per heavy atom. The first-order valence-corrected chi connectivity index (χ1v) is 9.18. The number of esters is 1. The Morgan fingerprint density at radius 2 is 1.76 bits per heavy atom. The first-order valence-electron chi connectivity index (χ1n) is 7.02. The van der Waals surface area contributed by atoms with Crippen molar-refractivity contribution >= 4 is 57.1 Å². The van der Waals surface area contributed by atoms with Crippen LogP contribution in [0.3, 0.4) is 0 Å². The molecule has 6 nitrogen and oxygen atoms in total. The van der Waals surface area contributed by atoms with E-state index in [9.17, 15) is 33.7 Å². The van der Waals surface area contributed by atoms with Crippen molar-refractivity contribution in [2.24, 2.45) is 5.92 Å². The molecule has 0 radical (unpaired) electrons. The smallest absolute Gasteiger partial charge is 0.323 e. The summed E-state index contributed by atoms with van der Waals surface area (Å²) in [5, 5.41) is 30.3. The van der Waals surface area contributed by atoms with Gasteiger partial charge in [-0.3, -0.25) is 4.79 Å². The van der Waals surface area contributed by atoms with E-state index in [1.807, 2.05) is 45.2 Å². The molecular formula is C15H15F2I2O6-. The maximum atomic E-state index is 13.6. The van der Waals surface area contributed by atoms with Crippen LogP contribution in [0.25, 0.3) is 0 Å². The minimum atomic E-state index is -4.35. The highest BCUT2D eigenvalue weighted by molar-refractivity contribution is 14.1. The third-order valence-electron chi connectivity index (χ3n) is 3.28. The standard InChI is InChI=1S/C15H16F2I2O6/c1-6(2)13(15(16,17)14(23)24)25-11(21)5-10(20)7-3-8(18)12(22)9(19)4-7/h3-4,6,10,13,20,22H,5H2,1-2H3,(H,23,24)/p-1. The van der Waals surface area contributed by atoms with Crippen LogP contribution in [0.4, 0.5) is 8.78 Å². The first-order chi connectivity index (χ1) is 11.4. The highest BCUT2D eigenvalue weighted by Crippen LogP contribution is 2.32. The Hall–Kier alpha value is -0.760. The van der Waals surface area contributed by atoms with E-state index in [1.165, 1.54) is 26.0 Å². The van der Waals surface area contributed by atoms with Crippen molar-refractivity contribution in [3.63, 3.8) is 0 Å². The van der Waals surface area contributed by atoms with Crippen molar-refractivity contribution in [2.75, 3.05) is 0 Å². The summed E-state index contributed by atoms with van der Waals surface area (Å²) in [4.78, 5) is 22.4. The zero-order valence-electron chi connectivity index (χ0n) is 13.1. The Kier molecular flexibility index (Phi) is 7.80. The normalized spacial score (nSPS) is 14.2. The molecule has 2 unspecified atom stereocenters. The molecule has 0 amide bonds. The van der Waals surface area contributed by atoms with Crippen LogP contribution in [-0.4, -0.2) is 34.2 Å². The van der Waals surface area contributed by atoms with Crippen molar-refractivity contribution in [3.05, 3.63) is 24.8 Å². The number of aliphatic hydroxyl groups is 1. The van der Waals surface area contributed by atoms with Crippen molar-refractivity contribution in [2.45, 2.75) is 38.4 Å². The summed E-state index contributed by atoms with van der Waals surface area (Å²) in [6, 6.07) is 2.87. The van der Waals surface area contributed by atoms with Crippen LogP contribution in [0.1, 0.15) is 31.9 Å². The molecule has 0 heterocycles. The molecular weight excluding hydrogens is 568 g/mol. The SMILES string of the molecule is CC(C)C(OC(=O)CC(O)c1cc(I)c(O)c(I)c1)C(F)(F)C(=O)[O-]. The van der Waals surface area contributed by atoms with E-state index in [0.717, 1.165) is 0 Å². The van der Waals surface area contributed by atoms with Gasteiger partial charge in [-0.25, -0.2) is 0 Å². The number of hydrogen-bond acceptors (Lipinski definition) is 6. The average Bonchev–Trinajstić information content (AvgIpc) is 2.48. The van der Waals surface area contributed by atoms with Crippen molar-refractivity contribution in [1.29, 1.82) is 0 Å². The molecule has 0 saturated carbocycles. The Morgan fingerprint density at radius 1 is 1.28 bits per heavy atom. The van der Waals surface area contributed by atoms with E-state index >= 15 is 0 Å². The predicted molar refractivity (Wildman–Crippen MR) is 97.8 cm³/mol. The molecule has 2 N–H and O–H groups in total. The summed E-state index contributed by atoms with van der Waals surface area (Å²) in [5.74, 6) is -9.12. The van der Waals surface area contributed by atoms with Crippen LogP contribution < -0.4 is 5.11 Å². The van der Waals surface area contributed by atoms with E-state index in [-0.39, 0.29) is 11.3 Å². The van der Waals surface area contributed by atoms with Crippen molar-refractivity contribution in [3.8, 4) is 5.75 Å². The molecule has 0 spiro atoms. The second kappa shape index (κ2) is 8.75. The van der Waals surface area contributed by atoms with Gasteiger partial charge in [-0.15, -0.1) is 0 Å². The molecule has 140 valence electrons. The van der Waals surface area contributed by atoms with Gasteiger partial charge in [0.1, 0.15) is 11.7 Å². The maximum absolute atomic E-state index is 13.6. The summed E-state index contributed by atoms with van der Waals surface area (Å²) in [6.07, 6.45) is -4.22. The van der Waals surface area contributed by atoms with E-state index in [2.05, 4.69) is 4.74 Å². The molecule has 0 fully saturated rings. The van der Waals surface area contributed by atoms with Gasteiger partial charge in [0.15, 0.2) is 6.10 Å². The molecule has 0 aliphatic rings. The highest BCUT2D eigenvalue weighted by Gasteiger charge is 2.46. The van der Waals surface area contributed by atoms with Crippen LogP contribution >= 0.6 is 45.2 Å². The van der Waals surface area contributed by atoms with E-state index in [1.54, 1.807) is 0 Å². The average molecular weight is 583 g/mol. The highest BCUT2D eigenvalue weighted by atomic mass is 127. The number of phenols is 1. The number of aliphatic hydroxyl groups excluding tert-OH is 1. The number of phenolic OH excluding ortho intramolecular Hbond substituents is 1. The number of carboxylic acid groups (broad SMARTS) is 1. The lowest BCUT2D eigenvalue weighted by Gasteiger charge is -2.30. The fraction of sp³-hybridized carbons (Fsp3) is 0.467. The van der Waals surface area contributed by atoms with Gasteiger partial charge in [-0.05, 0) is 68.8 Å². The molecule has 0 aliphatic heterocycles. The fourth-order valence-electron chi connectivity index (χ4n) is 1.99. The largest absolute Gasteiger partial charge is 0.544 e. The number of hydrogen-bond donors (Lipinski definition) is 2.